The highest BCUT2D eigenvalue weighted by molar-refractivity contribution is 7.80. The fourth-order valence-corrected chi connectivity index (χ4v) is 4.29. The van der Waals surface area contributed by atoms with Gasteiger partial charge in [0.15, 0.2) is 22.4 Å². The minimum absolute atomic E-state index is 0.177. The number of nitrogens with zero attached hydrogens (tertiary/aromatic N) is 1. The van der Waals surface area contributed by atoms with Gasteiger partial charge in [0.05, 0.1) is 26.9 Å². The van der Waals surface area contributed by atoms with Gasteiger partial charge in [0.25, 0.3) is 0 Å². The highest BCUT2D eigenvalue weighted by atomic mass is 32.1. The van der Waals surface area contributed by atoms with Crippen LogP contribution in [0.2, 0.25) is 0 Å². The van der Waals surface area contributed by atoms with Gasteiger partial charge in [-0.05, 0) is 55.6 Å². The van der Waals surface area contributed by atoms with Crippen molar-refractivity contribution in [2.75, 3.05) is 27.4 Å². The van der Waals surface area contributed by atoms with Crippen LogP contribution in [0.1, 0.15) is 57.6 Å². The number of allylic oxidation sites excluding steroid dienone is 1. The van der Waals surface area contributed by atoms with Gasteiger partial charge in [-0.25, -0.2) is 0 Å². The molecule has 6 nitrogen and oxygen atoms in total. The number of rotatable bonds is 8. The predicted octanol–water partition coefficient (Wildman–Crippen LogP) is 4.14. The topological polar surface area (TPSA) is 60.0 Å². The zero-order valence-corrected chi connectivity index (χ0v) is 18.5. The summed E-state index contributed by atoms with van der Waals surface area (Å²) in [5.41, 5.74) is 2.74. The van der Waals surface area contributed by atoms with Crippen molar-refractivity contribution < 1.29 is 19.0 Å². The number of thiocarbonyl (C=S) groups is 1. The Balaban J connectivity index is 2.10. The first-order chi connectivity index (χ1) is 14.0. The Kier molecular flexibility index (Phi) is 7.00. The third-order valence-electron chi connectivity index (χ3n) is 5.27. The van der Waals surface area contributed by atoms with E-state index in [-0.39, 0.29) is 11.8 Å². The van der Waals surface area contributed by atoms with Crippen molar-refractivity contribution in [1.29, 1.82) is 0 Å². The van der Waals surface area contributed by atoms with Crippen molar-refractivity contribution in [2.45, 2.75) is 52.0 Å². The predicted molar refractivity (Wildman–Crippen MR) is 117 cm³/mol. The minimum atomic E-state index is -0.318. The summed E-state index contributed by atoms with van der Waals surface area (Å²) in [5.74, 6) is 1.93. The third-order valence-corrected chi connectivity index (χ3v) is 5.61. The summed E-state index contributed by atoms with van der Waals surface area (Å²) in [4.78, 5) is 15.0. The quantitative estimate of drug-likeness (QED) is 0.637. The first kappa shape index (κ1) is 21.4. The van der Waals surface area contributed by atoms with E-state index in [4.69, 9.17) is 26.4 Å². The van der Waals surface area contributed by atoms with Crippen molar-refractivity contribution >= 4 is 23.1 Å². The molecule has 2 aliphatic rings. The number of hydrogen-bond acceptors (Lipinski definition) is 5. The van der Waals surface area contributed by atoms with Crippen LogP contribution in [0, 0.1) is 0 Å². The normalized spacial score (nSPS) is 19.0. The van der Waals surface area contributed by atoms with Crippen LogP contribution >= 0.6 is 12.2 Å². The fraction of sp³-hybridized carbons (Fsp3) is 0.545. The van der Waals surface area contributed by atoms with Gasteiger partial charge in [-0.3, -0.25) is 4.79 Å². The molecule has 0 saturated heterocycles. The van der Waals surface area contributed by atoms with E-state index in [9.17, 15) is 4.79 Å². The molecule has 1 aromatic rings. The van der Waals surface area contributed by atoms with Crippen molar-refractivity contribution in [3.63, 3.8) is 0 Å². The van der Waals surface area contributed by atoms with Gasteiger partial charge < -0.3 is 24.4 Å². The lowest BCUT2D eigenvalue weighted by molar-refractivity contribution is -0.116. The molecule has 1 aliphatic heterocycles. The van der Waals surface area contributed by atoms with Crippen LogP contribution < -0.4 is 19.5 Å². The van der Waals surface area contributed by atoms with Crippen LogP contribution in [-0.2, 0) is 4.79 Å². The Morgan fingerprint density at radius 1 is 1.14 bits per heavy atom. The molecule has 0 saturated carbocycles. The highest BCUT2D eigenvalue weighted by Crippen LogP contribution is 2.44. The minimum Gasteiger partial charge on any atom is -0.493 e. The molecule has 1 heterocycles. The molecular formula is C22H30N2O4S. The monoisotopic (exact) mass is 418 g/mol. The van der Waals surface area contributed by atoms with E-state index >= 15 is 0 Å². The van der Waals surface area contributed by atoms with Crippen LogP contribution in [0.15, 0.2) is 23.4 Å². The second-order valence-electron chi connectivity index (χ2n) is 7.27. The maximum Gasteiger partial charge on any atom is 0.203 e. The van der Waals surface area contributed by atoms with Crippen LogP contribution in [0.3, 0.4) is 0 Å². The van der Waals surface area contributed by atoms with Crippen LogP contribution in [0.5, 0.6) is 17.2 Å². The van der Waals surface area contributed by atoms with Crippen molar-refractivity contribution in [3.8, 4) is 17.2 Å². The number of hydrogen-bond donors (Lipinski definition) is 1. The summed E-state index contributed by atoms with van der Waals surface area (Å²) in [5, 5.41) is 4.05. The van der Waals surface area contributed by atoms with E-state index in [0.717, 1.165) is 49.1 Å². The average molecular weight is 419 g/mol. The second kappa shape index (κ2) is 9.48. The van der Waals surface area contributed by atoms with E-state index in [1.807, 2.05) is 19.1 Å². The van der Waals surface area contributed by atoms with Gasteiger partial charge >= 0.3 is 0 Å². The molecule has 0 amide bonds. The molecule has 1 N–H and O–H groups in total. The molecular weight excluding hydrogens is 388 g/mol. The summed E-state index contributed by atoms with van der Waals surface area (Å²) in [7, 11) is 3.21. The van der Waals surface area contributed by atoms with E-state index in [1.165, 1.54) is 0 Å². The smallest absolute Gasteiger partial charge is 0.203 e. The molecule has 1 aliphatic carbocycles. The van der Waals surface area contributed by atoms with E-state index in [2.05, 4.69) is 17.1 Å². The number of carbonyl (C=O) groups excluding carboxylic acids is 1. The van der Waals surface area contributed by atoms with E-state index in [0.29, 0.717) is 35.4 Å². The molecule has 1 unspecified atom stereocenters. The van der Waals surface area contributed by atoms with Crippen molar-refractivity contribution in [2.24, 2.45) is 0 Å². The maximum absolute atomic E-state index is 12.9. The summed E-state index contributed by atoms with van der Waals surface area (Å²) in [6, 6.07) is 3.51. The first-order valence-electron chi connectivity index (χ1n) is 10.3. The van der Waals surface area contributed by atoms with Crippen molar-refractivity contribution in [1.82, 2.24) is 10.2 Å². The standard InChI is InChI=1S/C22H30N2O4S/c1-5-10-24-15-8-7-9-16(25)19(15)20(23-22(24)29)14-12-17(26-3)21(28-11-6-2)18(13-14)27-4/h12-13,20H,5-11H2,1-4H3,(H,23,29). The molecule has 29 heavy (non-hydrogen) atoms. The largest absolute Gasteiger partial charge is 0.493 e. The van der Waals surface area contributed by atoms with Crippen LogP contribution in [-0.4, -0.2) is 43.2 Å². The molecule has 3 rings (SSSR count). The number of benzene rings is 1. The zero-order chi connectivity index (χ0) is 21.0. The first-order valence-corrected chi connectivity index (χ1v) is 10.7. The van der Waals surface area contributed by atoms with Crippen molar-refractivity contribution in [3.05, 3.63) is 29.0 Å². The molecule has 1 atom stereocenters. The number of nitrogens with one attached hydrogen (secondary N) is 1. The molecule has 0 bridgehead atoms. The summed E-state index contributed by atoms with van der Waals surface area (Å²) in [6.07, 6.45) is 4.14. The molecule has 0 aromatic heterocycles. The Labute approximate surface area is 178 Å². The highest BCUT2D eigenvalue weighted by Gasteiger charge is 2.37. The van der Waals surface area contributed by atoms with Gasteiger partial charge in [-0.2, -0.15) is 0 Å². The third kappa shape index (κ3) is 4.20. The SMILES string of the molecule is CCCOc1c(OC)cc(C2NC(=S)N(CCC)C3=C2C(=O)CCC3)cc1OC. The van der Waals surface area contributed by atoms with Gasteiger partial charge in [-0.15, -0.1) is 0 Å². The second-order valence-corrected chi connectivity index (χ2v) is 7.66. The molecule has 0 spiro atoms. The van der Waals surface area contributed by atoms with Crippen LogP contribution in [0.4, 0.5) is 0 Å². The zero-order valence-electron chi connectivity index (χ0n) is 17.7. The Morgan fingerprint density at radius 2 is 1.83 bits per heavy atom. The maximum atomic E-state index is 12.9. The molecule has 7 heteroatoms. The fourth-order valence-electron chi connectivity index (χ4n) is 3.97. The Hall–Kier alpha value is -2.28. The number of ether oxygens (including phenoxy) is 3. The summed E-state index contributed by atoms with van der Waals surface area (Å²) >= 11 is 5.66. The summed E-state index contributed by atoms with van der Waals surface area (Å²) in [6.45, 7) is 5.54. The lowest BCUT2D eigenvalue weighted by Gasteiger charge is -2.41. The number of Topliss-reactive ketones (excluding diaryl/α,β-unsaturated/α-hetero) is 1. The van der Waals surface area contributed by atoms with E-state index < -0.39 is 0 Å². The lowest BCUT2D eigenvalue weighted by atomic mass is 9.84. The Morgan fingerprint density at radius 3 is 2.41 bits per heavy atom. The van der Waals surface area contributed by atoms with Gasteiger partial charge in [0.1, 0.15) is 0 Å². The average Bonchev–Trinajstić information content (AvgIpc) is 2.73. The van der Waals surface area contributed by atoms with E-state index in [1.54, 1.807) is 14.2 Å². The van der Waals surface area contributed by atoms with Gasteiger partial charge in [0.2, 0.25) is 5.75 Å². The van der Waals surface area contributed by atoms with Gasteiger partial charge in [0, 0.05) is 24.2 Å². The van der Waals surface area contributed by atoms with Gasteiger partial charge in [-0.1, -0.05) is 13.8 Å². The summed E-state index contributed by atoms with van der Waals surface area (Å²) < 4.78 is 17.0. The number of methoxy groups -OCH3 is 2. The molecule has 0 fully saturated rings. The molecule has 158 valence electrons. The van der Waals surface area contributed by atoms with Crippen LogP contribution in [0.25, 0.3) is 0 Å². The lowest BCUT2D eigenvalue weighted by Crippen LogP contribution is -2.49. The number of ketones is 1. The molecule has 1 aromatic carbocycles. The Bertz CT molecular complexity index is 796. The molecule has 0 radical (unpaired) electrons. The number of carbonyl (C=O) groups is 1.